The molecule has 0 unspecified atom stereocenters. The molecule has 4 nitrogen and oxygen atoms in total. The summed E-state index contributed by atoms with van der Waals surface area (Å²) in [5, 5.41) is 0. The molecule has 0 saturated carbocycles. The Labute approximate surface area is 78.2 Å². The van der Waals surface area contributed by atoms with E-state index in [9.17, 15) is 9.59 Å². The second-order valence-electron chi connectivity index (χ2n) is 3.45. The van der Waals surface area contributed by atoms with Crippen LogP contribution in [0.25, 0.3) is 0 Å². The third kappa shape index (κ3) is 6.13. The van der Waals surface area contributed by atoms with E-state index in [4.69, 9.17) is 0 Å². The van der Waals surface area contributed by atoms with Gasteiger partial charge in [0.1, 0.15) is 0 Å². The average molecular weight is 188 g/mol. The van der Waals surface area contributed by atoms with Gasteiger partial charge in [-0.25, -0.2) is 9.59 Å². The molecule has 0 aliphatic carbocycles. The number of ether oxygens (including phenoxy) is 2. The Bertz CT molecular complexity index is 184. The van der Waals surface area contributed by atoms with E-state index in [2.05, 4.69) is 9.47 Å². The first-order valence-electron chi connectivity index (χ1n) is 4.31. The molecule has 0 aliphatic rings. The first kappa shape index (κ1) is 11.9. The molecule has 0 spiro atoms. The lowest BCUT2D eigenvalue weighted by Gasteiger charge is -2.08. The second kappa shape index (κ2) is 5.56. The van der Waals surface area contributed by atoms with Crippen LogP contribution in [-0.4, -0.2) is 24.6 Å². The topological polar surface area (TPSA) is 52.6 Å². The summed E-state index contributed by atoms with van der Waals surface area (Å²) in [7, 11) is 0. The van der Waals surface area contributed by atoms with Crippen LogP contribution in [-0.2, 0) is 19.1 Å². The van der Waals surface area contributed by atoms with Gasteiger partial charge in [0.2, 0.25) is 0 Å². The summed E-state index contributed by atoms with van der Waals surface area (Å²) < 4.78 is 9.28. The monoisotopic (exact) mass is 188 g/mol. The highest BCUT2D eigenvalue weighted by Crippen LogP contribution is 1.96. The molecule has 4 heteroatoms. The molecule has 0 aliphatic heterocycles. The highest BCUT2D eigenvalue weighted by atomic mass is 16.6. The maximum Gasteiger partial charge on any atom is 0.417 e. The highest BCUT2D eigenvalue weighted by Gasteiger charge is 2.18. The molecule has 0 N–H and O–H groups in total. The van der Waals surface area contributed by atoms with Gasteiger partial charge in [-0.15, -0.1) is 0 Å². The summed E-state index contributed by atoms with van der Waals surface area (Å²) in [6, 6.07) is 0. The van der Waals surface area contributed by atoms with Crippen LogP contribution in [0.4, 0.5) is 0 Å². The van der Waals surface area contributed by atoms with Crippen molar-refractivity contribution in [3.63, 3.8) is 0 Å². The van der Waals surface area contributed by atoms with Crippen molar-refractivity contribution < 1.29 is 19.1 Å². The molecule has 13 heavy (non-hydrogen) atoms. The molecule has 0 rings (SSSR count). The van der Waals surface area contributed by atoms with Crippen molar-refractivity contribution in [1.82, 2.24) is 0 Å². The molecule has 0 atom stereocenters. The first-order valence-corrected chi connectivity index (χ1v) is 4.31. The molecule has 0 aromatic carbocycles. The van der Waals surface area contributed by atoms with Crippen molar-refractivity contribution >= 4 is 11.9 Å². The van der Waals surface area contributed by atoms with E-state index in [1.165, 1.54) is 0 Å². The van der Waals surface area contributed by atoms with Gasteiger partial charge in [0, 0.05) is 0 Å². The van der Waals surface area contributed by atoms with Crippen LogP contribution in [0.15, 0.2) is 0 Å². The zero-order valence-corrected chi connectivity index (χ0v) is 8.49. The van der Waals surface area contributed by atoms with Crippen LogP contribution in [0, 0.1) is 5.92 Å². The lowest BCUT2D eigenvalue weighted by atomic mass is 10.2. The number of hydrogen-bond donors (Lipinski definition) is 0. The van der Waals surface area contributed by atoms with Gasteiger partial charge in [0.05, 0.1) is 12.7 Å². The van der Waals surface area contributed by atoms with E-state index in [1.807, 2.05) is 13.8 Å². The van der Waals surface area contributed by atoms with E-state index >= 15 is 0 Å². The second-order valence-corrected chi connectivity index (χ2v) is 3.45. The van der Waals surface area contributed by atoms with Crippen LogP contribution in [0.1, 0.15) is 27.7 Å². The molecule has 76 valence electrons. The number of rotatable bonds is 3. The fourth-order valence-electron chi connectivity index (χ4n) is 0.563. The molecular formula is C9H16O4. The molecule has 0 aromatic heterocycles. The van der Waals surface area contributed by atoms with Gasteiger partial charge in [0.15, 0.2) is 0 Å². The molecular weight excluding hydrogens is 172 g/mol. The first-order chi connectivity index (χ1) is 5.93. The van der Waals surface area contributed by atoms with Gasteiger partial charge in [-0.3, -0.25) is 0 Å². The minimum atomic E-state index is -0.921. The maximum absolute atomic E-state index is 10.9. The fourth-order valence-corrected chi connectivity index (χ4v) is 0.563. The van der Waals surface area contributed by atoms with Crippen LogP contribution in [0.5, 0.6) is 0 Å². The molecule has 0 heterocycles. The number of esters is 2. The standard InChI is InChI=1S/C9H16O4/c1-6(2)5-12-8(10)9(11)13-7(3)4/h6-7H,5H2,1-4H3. The Balaban J connectivity index is 3.77. The zero-order chi connectivity index (χ0) is 10.4. The molecule has 0 fully saturated rings. The van der Waals surface area contributed by atoms with Crippen LogP contribution < -0.4 is 0 Å². The van der Waals surface area contributed by atoms with Gasteiger partial charge in [0.25, 0.3) is 0 Å². The summed E-state index contributed by atoms with van der Waals surface area (Å²) >= 11 is 0. The number of carbonyl (C=O) groups is 2. The number of carbonyl (C=O) groups excluding carboxylic acids is 2. The lowest BCUT2D eigenvalue weighted by Crippen LogP contribution is -2.24. The predicted octanol–water partition coefficient (Wildman–Crippen LogP) is 1.14. The molecule has 0 bridgehead atoms. The molecule has 0 radical (unpaired) electrons. The third-order valence-electron chi connectivity index (χ3n) is 1.06. The van der Waals surface area contributed by atoms with Crippen molar-refractivity contribution in [3.05, 3.63) is 0 Å². The summed E-state index contributed by atoms with van der Waals surface area (Å²) in [6.07, 6.45) is -0.293. The minimum Gasteiger partial charge on any atom is -0.457 e. The summed E-state index contributed by atoms with van der Waals surface area (Å²) in [5.74, 6) is -1.62. The Morgan fingerprint density at radius 3 is 2.00 bits per heavy atom. The van der Waals surface area contributed by atoms with Crippen molar-refractivity contribution in [2.24, 2.45) is 5.92 Å². The van der Waals surface area contributed by atoms with Gasteiger partial charge in [-0.2, -0.15) is 0 Å². The smallest absolute Gasteiger partial charge is 0.417 e. The normalized spacial score (nSPS) is 10.3. The molecule has 0 amide bonds. The molecule has 0 aromatic rings. The largest absolute Gasteiger partial charge is 0.457 e. The average Bonchev–Trinajstić information content (AvgIpc) is 1.98. The fraction of sp³-hybridized carbons (Fsp3) is 0.778. The Hall–Kier alpha value is -1.06. The third-order valence-corrected chi connectivity index (χ3v) is 1.06. The van der Waals surface area contributed by atoms with Gasteiger partial charge >= 0.3 is 11.9 Å². The molecule has 0 saturated heterocycles. The van der Waals surface area contributed by atoms with Crippen molar-refractivity contribution in [2.45, 2.75) is 33.8 Å². The quantitative estimate of drug-likeness (QED) is 0.492. The van der Waals surface area contributed by atoms with Gasteiger partial charge in [-0.05, 0) is 19.8 Å². The lowest BCUT2D eigenvalue weighted by molar-refractivity contribution is -0.170. The van der Waals surface area contributed by atoms with Crippen molar-refractivity contribution in [1.29, 1.82) is 0 Å². The van der Waals surface area contributed by atoms with E-state index in [-0.39, 0.29) is 18.6 Å². The summed E-state index contributed by atoms with van der Waals surface area (Å²) in [6.45, 7) is 7.37. The minimum absolute atomic E-state index is 0.218. The van der Waals surface area contributed by atoms with E-state index < -0.39 is 11.9 Å². The zero-order valence-electron chi connectivity index (χ0n) is 8.49. The van der Waals surface area contributed by atoms with E-state index in [0.29, 0.717) is 0 Å². The predicted molar refractivity (Wildman–Crippen MR) is 47.0 cm³/mol. The van der Waals surface area contributed by atoms with Crippen LogP contribution in [0.2, 0.25) is 0 Å². The van der Waals surface area contributed by atoms with E-state index in [1.54, 1.807) is 13.8 Å². The van der Waals surface area contributed by atoms with E-state index in [0.717, 1.165) is 0 Å². The number of hydrogen-bond acceptors (Lipinski definition) is 4. The van der Waals surface area contributed by atoms with Crippen LogP contribution in [0.3, 0.4) is 0 Å². The Kier molecular flexibility index (Phi) is 5.11. The SMILES string of the molecule is CC(C)COC(=O)C(=O)OC(C)C. The van der Waals surface area contributed by atoms with Crippen molar-refractivity contribution in [3.8, 4) is 0 Å². The Morgan fingerprint density at radius 2 is 1.62 bits per heavy atom. The Morgan fingerprint density at radius 1 is 1.08 bits per heavy atom. The maximum atomic E-state index is 10.9. The van der Waals surface area contributed by atoms with Gasteiger partial charge in [-0.1, -0.05) is 13.8 Å². The summed E-state index contributed by atoms with van der Waals surface area (Å²) in [5.41, 5.74) is 0. The van der Waals surface area contributed by atoms with Gasteiger partial charge < -0.3 is 9.47 Å². The summed E-state index contributed by atoms with van der Waals surface area (Å²) in [4.78, 5) is 21.8. The van der Waals surface area contributed by atoms with Crippen molar-refractivity contribution in [2.75, 3.05) is 6.61 Å². The van der Waals surface area contributed by atoms with Crippen LogP contribution >= 0.6 is 0 Å². The highest BCUT2D eigenvalue weighted by molar-refractivity contribution is 6.29.